The van der Waals surface area contributed by atoms with Crippen molar-refractivity contribution in [2.24, 2.45) is 0 Å². The zero-order valence-electron chi connectivity index (χ0n) is 14.3. The summed E-state index contributed by atoms with van der Waals surface area (Å²) in [4.78, 5) is 19.7. The van der Waals surface area contributed by atoms with Crippen LogP contribution in [0.4, 0.5) is 0 Å². The molecule has 7 nitrogen and oxygen atoms in total. The highest BCUT2D eigenvalue weighted by Crippen LogP contribution is 2.34. The first-order valence-corrected chi connectivity index (χ1v) is 9.83. The highest BCUT2D eigenvalue weighted by Gasteiger charge is 2.19. The van der Waals surface area contributed by atoms with Crippen molar-refractivity contribution in [3.8, 4) is 11.4 Å². The molecule has 0 aliphatic heterocycles. The van der Waals surface area contributed by atoms with Crippen molar-refractivity contribution in [2.75, 3.05) is 5.84 Å². The predicted molar refractivity (Wildman–Crippen MR) is 110 cm³/mol. The number of halogens is 1. The number of para-hydroxylation sites is 1. The molecule has 9 heteroatoms. The number of fused-ring (bicyclic) bond motifs is 1. The number of H-pyrrole nitrogens is 1. The molecule has 0 fully saturated rings. The average Bonchev–Trinajstić information content (AvgIpc) is 3.02. The van der Waals surface area contributed by atoms with Crippen LogP contribution in [0.5, 0.6) is 0 Å². The van der Waals surface area contributed by atoms with Gasteiger partial charge in [-0.05, 0) is 31.2 Å². The molecule has 0 aliphatic carbocycles. The van der Waals surface area contributed by atoms with Crippen molar-refractivity contribution in [2.45, 2.75) is 17.3 Å². The Morgan fingerprint density at radius 1 is 1.15 bits per heavy atom. The maximum Gasteiger partial charge on any atom is 0.258 e. The molecule has 0 saturated carbocycles. The lowest BCUT2D eigenvalue weighted by molar-refractivity contribution is 0.835. The minimum Gasteiger partial charge on any atom is -0.335 e. The molecule has 0 amide bonds. The van der Waals surface area contributed by atoms with Crippen LogP contribution in [0.3, 0.4) is 0 Å². The second-order valence-corrected chi connectivity index (χ2v) is 8.05. The van der Waals surface area contributed by atoms with E-state index in [2.05, 4.69) is 36.1 Å². The third kappa shape index (κ3) is 3.35. The van der Waals surface area contributed by atoms with Gasteiger partial charge in [0.15, 0.2) is 5.82 Å². The van der Waals surface area contributed by atoms with Gasteiger partial charge in [-0.25, -0.2) is 9.66 Å². The van der Waals surface area contributed by atoms with Gasteiger partial charge in [0.2, 0.25) is 5.16 Å². The molecule has 0 radical (unpaired) electrons. The van der Waals surface area contributed by atoms with E-state index in [1.165, 1.54) is 16.4 Å². The van der Waals surface area contributed by atoms with Gasteiger partial charge in [-0.15, -0.1) is 10.2 Å². The lowest BCUT2D eigenvalue weighted by Gasteiger charge is -2.11. The summed E-state index contributed by atoms with van der Waals surface area (Å²) in [7, 11) is 0. The topological polar surface area (TPSA) is 102 Å². The molecular formula is C18H15BrN6OS. The lowest BCUT2D eigenvalue weighted by atomic mass is 10.2. The van der Waals surface area contributed by atoms with E-state index >= 15 is 0 Å². The van der Waals surface area contributed by atoms with Crippen molar-refractivity contribution in [1.82, 2.24) is 24.8 Å². The zero-order chi connectivity index (χ0) is 19.0. The van der Waals surface area contributed by atoms with Gasteiger partial charge in [0, 0.05) is 10.0 Å². The van der Waals surface area contributed by atoms with Crippen molar-refractivity contribution in [3.05, 3.63) is 69.2 Å². The Morgan fingerprint density at radius 3 is 2.70 bits per heavy atom. The number of aromatic amines is 1. The summed E-state index contributed by atoms with van der Waals surface area (Å²) in [6.45, 7) is 1.94. The monoisotopic (exact) mass is 442 g/mol. The van der Waals surface area contributed by atoms with Crippen LogP contribution < -0.4 is 11.4 Å². The summed E-state index contributed by atoms with van der Waals surface area (Å²) in [5.74, 6) is 7.33. The van der Waals surface area contributed by atoms with Gasteiger partial charge in [-0.3, -0.25) is 4.79 Å². The van der Waals surface area contributed by atoms with E-state index < -0.39 is 0 Å². The van der Waals surface area contributed by atoms with Crippen LogP contribution in [-0.2, 0) is 0 Å². The van der Waals surface area contributed by atoms with Crippen LogP contribution >= 0.6 is 27.7 Å². The van der Waals surface area contributed by atoms with Crippen molar-refractivity contribution < 1.29 is 0 Å². The van der Waals surface area contributed by atoms with Crippen LogP contribution in [0.25, 0.3) is 22.3 Å². The molecule has 0 saturated heterocycles. The summed E-state index contributed by atoms with van der Waals surface area (Å²) in [5.41, 5.74) is 1.35. The van der Waals surface area contributed by atoms with Gasteiger partial charge in [0.1, 0.15) is 5.82 Å². The van der Waals surface area contributed by atoms with Gasteiger partial charge in [-0.2, -0.15) is 0 Å². The zero-order valence-corrected chi connectivity index (χ0v) is 16.7. The molecular weight excluding hydrogens is 428 g/mol. The first-order chi connectivity index (χ1) is 13.0. The fourth-order valence-electron chi connectivity index (χ4n) is 2.69. The quantitative estimate of drug-likeness (QED) is 0.370. The molecule has 136 valence electrons. The number of aromatic nitrogens is 5. The number of nitrogens with zero attached hydrogens (tertiary/aromatic N) is 4. The molecule has 0 aliphatic rings. The third-order valence-corrected chi connectivity index (χ3v) is 5.84. The second kappa shape index (κ2) is 7.16. The number of hydrogen-bond acceptors (Lipinski definition) is 6. The minimum absolute atomic E-state index is 0.161. The minimum atomic E-state index is -0.166. The Balaban J connectivity index is 1.65. The van der Waals surface area contributed by atoms with E-state index in [1.807, 2.05) is 49.4 Å². The van der Waals surface area contributed by atoms with Crippen LogP contribution in [0.1, 0.15) is 18.0 Å². The van der Waals surface area contributed by atoms with Gasteiger partial charge >= 0.3 is 0 Å². The number of hydrogen-bond donors (Lipinski definition) is 2. The molecule has 0 spiro atoms. The Bertz CT molecular complexity index is 1190. The van der Waals surface area contributed by atoms with Crippen LogP contribution in [0, 0.1) is 0 Å². The Kier molecular flexibility index (Phi) is 4.71. The molecule has 2 aromatic carbocycles. The fourth-order valence-corrected chi connectivity index (χ4v) is 3.98. The molecule has 1 unspecified atom stereocenters. The number of benzene rings is 2. The van der Waals surface area contributed by atoms with Crippen LogP contribution in [0.2, 0.25) is 0 Å². The van der Waals surface area contributed by atoms with Crippen molar-refractivity contribution >= 4 is 38.6 Å². The van der Waals surface area contributed by atoms with E-state index in [0.29, 0.717) is 27.7 Å². The molecule has 4 rings (SSSR count). The maximum atomic E-state index is 12.3. The Labute approximate surface area is 167 Å². The number of nitrogen functional groups attached to an aromatic ring is 1. The van der Waals surface area contributed by atoms with E-state index in [-0.39, 0.29) is 10.8 Å². The Morgan fingerprint density at radius 2 is 1.89 bits per heavy atom. The van der Waals surface area contributed by atoms with Crippen LogP contribution in [-0.4, -0.2) is 24.8 Å². The highest BCUT2D eigenvalue weighted by molar-refractivity contribution is 9.10. The first kappa shape index (κ1) is 17.7. The maximum absolute atomic E-state index is 12.3. The molecule has 3 N–H and O–H groups in total. The van der Waals surface area contributed by atoms with Gasteiger partial charge in [-0.1, -0.05) is 52.0 Å². The smallest absolute Gasteiger partial charge is 0.258 e. The molecule has 2 heterocycles. The largest absolute Gasteiger partial charge is 0.335 e. The normalized spacial score (nSPS) is 12.4. The SMILES string of the molecule is CC(Sc1nnc(-c2ccccc2Br)n1N)c1nc2ccccc2c(=O)[nH]1. The third-order valence-electron chi connectivity index (χ3n) is 4.08. The van der Waals surface area contributed by atoms with Crippen molar-refractivity contribution in [1.29, 1.82) is 0 Å². The van der Waals surface area contributed by atoms with Crippen molar-refractivity contribution in [3.63, 3.8) is 0 Å². The van der Waals surface area contributed by atoms with Crippen LogP contribution in [0.15, 0.2) is 63.0 Å². The summed E-state index contributed by atoms with van der Waals surface area (Å²) >= 11 is 4.88. The van der Waals surface area contributed by atoms with Gasteiger partial charge in [0.25, 0.3) is 5.56 Å². The van der Waals surface area contributed by atoms with E-state index in [9.17, 15) is 4.79 Å². The second-order valence-electron chi connectivity index (χ2n) is 5.88. The lowest BCUT2D eigenvalue weighted by Crippen LogP contribution is -2.14. The van der Waals surface area contributed by atoms with Gasteiger partial charge < -0.3 is 10.8 Å². The predicted octanol–water partition coefficient (Wildman–Crippen LogP) is 3.51. The fraction of sp³-hybridized carbons (Fsp3) is 0.111. The summed E-state index contributed by atoms with van der Waals surface area (Å²) in [6.07, 6.45) is 0. The van der Waals surface area contributed by atoms with Gasteiger partial charge in [0.05, 0.1) is 16.2 Å². The molecule has 1 atom stereocenters. The van der Waals surface area contributed by atoms with E-state index in [1.54, 1.807) is 6.07 Å². The summed E-state index contributed by atoms with van der Waals surface area (Å²) < 4.78 is 2.33. The number of rotatable bonds is 4. The number of nitrogens with two attached hydrogens (primary N) is 1. The number of nitrogens with one attached hydrogen (secondary N) is 1. The summed E-state index contributed by atoms with van der Waals surface area (Å²) in [6, 6.07) is 14.9. The first-order valence-electron chi connectivity index (χ1n) is 8.15. The van der Waals surface area contributed by atoms with E-state index in [0.717, 1.165) is 10.0 Å². The molecule has 4 aromatic rings. The average molecular weight is 443 g/mol. The van der Waals surface area contributed by atoms with E-state index in [4.69, 9.17) is 5.84 Å². The number of thioether (sulfide) groups is 1. The summed E-state index contributed by atoms with van der Waals surface area (Å²) in [5, 5.41) is 9.33. The Hall–Kier alpha value is -2.65. The standard InChI is InChI=1S/C18H15BrN6OS/c1-10(15-21-14-9-5-3-7-12(14)17(26)22-15)27-18-24-23-16(25(18)20)11-6-2-4-8-13(11)19/h2-10H,20H2,1H3,(H,21,22,26). The highest BCUT2D eigenvalue weighted by atomic mass is 79.9. The molecule has 2 aromatic heterocycles. The molecule has 0 bridgehead atoms. The molecule has 27 heavy (non-hydrogen) atoms.